The van der Waals surface area contributed by atoms with Crippen LogP contribution in [0.5, 0.6) is 0 Å². The molecule has 0 amide bonds. The number of nitrogens with zero attached hydrogens (tertiary/aromatic N) is 3. The summed E-state index contributed by atoms with van der Waals surface area (Å²) in [6, 6.07) is 25.7. The minimum Gasteiger partial charge on any atom is -0.363 e. The summed E-state index contributed by atoms with van der Waals surface area (Å²) in [5.74, 6) is 0. The van der Waals surface area contributed by atoms with Crippen LogP contribution in [-0.2, 0) is 6.54 Å². The zero-order valence-electron chi connectivity index (χ0n) is 19.2. The van der Waals surface area contributed by atoms with Gasteiger partial charge in [-0.05, 0) is 54.3 Å². The SMILES string of the molecule is Clc1ccc(C2CC(N3CCN(Cc4ccccc4)CC3)CCN2c2ccc(Cl)cc2Cl)cc1. The van der Waals surface area contributed by atoms with Gasteiger partial charge in [0.25, 0.3) is 0 Å². The third-order valence-electron chi connectivity index (χ3n) is 7.22. The predicted octanol–water partition coefficient (Wildman–Crippen LogP) is 7.17. The van der Waals surface area contributed by atoms with E-state index in [4.69, 9.17) is 34.8 Å². The number of rotatable bonds is 5. The fourth-order valence-electron chi connectivity index (χ4n) is 5.41. The Hall–Kier alpha value is -1.75. The third kappa shape index (κ3) is 5.56. The molecule has 0 aromatic heterocycles. The Morgan fingerprint density at radius 2 is 1.44 bits per heavy atom. The maximum absolute atomic E-state index is 6.65. The van der Waals surface area contributed by atoms with Gasteiger partial charge in [0.1, 0.15) is 0 Å². The average molecular weight is 515 g/mol. The van der Waals surface area contributed by atoms with Crippen LogP contribution in [0.2, 0.25) is 15.1 Å². The number of anilines is 1. The molecule has 3 aromatic rings. The maximum Gasteiger partial charge on any atom is 0.0654 e. The molecule has 0 saturated carbocycles. The van der Waals surface area contributed by atoms with Crippen molar-refractivity contribution >= 4 is 40.5 Å². The first-order chi connectivity index (χ1) is 16.6. The Balaban J connectivity index is 1.30. The third-order valence-corrected chi connectivity index (χ3v) is 8.01. The van der Waals surface area contributed by atoms with Crippen molar-refractivity contribution in [2.45, 2.75) is 31.5 Å². The van der Waals surface area contributed by atoms with E-state index in [0.717, 1.165) is 62.8 Å². The number of piperazine rings is 1. The van der Waals surface area contributed by atoms with Gasteiger partial charge in [0, 0.05) is 55.4 Å². The van der Waals surface area contributed by atoms with E-state index in [1.807, 2.05) is 24.3 Å². The minimum absolute atomic E-state index is 0.247. The van der Waals surface area contributed by atoms with Crippen molar-refractivity contribution in [1.82, 2.24) is 9.80 Å². The van der Waals surface area contributed by atoms with E-state index in [1.54, 1.807) is 0 Å². The van der Waals surface area contributed by atoms with Crippen molar-refractivity contribution in [2.24, 2.45) is 0 Å². The summed E-state index contributed by atoms with van der Waals surface area (Å²) in [7, 11) is 0. The van der Waals surface area contributed by atoms with Gasteiger partial charge in [0.05, 0.1) is 16.8 Å². The first-order valence-corrected chi connectivity index (χ1v) is 13.2. The first kappa shape index (κ1) is 24.0. The lowest BCUT2D eigenvalue weighted by atomic mass is 9.90. The molecule has 3 aromatic carbocycles. The first-order valence-electron chi connectivity index (χ1n) is 12.0. The number of piperidine rings is 1. The van der Waals surface area contributed by atoms with Gasteiger partial charge in [0.15, 0.2) is 0 Å². The topological polar surface area (TPSA) is 9.72 Å². The van der Waals surface area contributed by atoms with E-state index in [0.29, 0.717) is 16.1 Å². The Morgan fingerprint density at radius 3 is 2.15 bits per heavy atom. The van der Waals surface area contributed by atoms with Crippen molar-refractivity contribution in [1.29, 1.82) is 0 Å². The monoisotopic (exact) mass is 513 g/mol. The second-order valence-electron chi connectivity index (χ2n) is 9.33. The summed E-state index contributed by atoms with van der Waals surface area (Å²) in [6.07, 6.45) is 2.20. The van der Waals surface area contributed by atoms with Crippen LogP contribution in [0.25, 0.3) is 0 Å². The summed E-state index contributed by atoms with van der Waals surface area (Å²) in [5, 5.41) is 2.14. The normalized spacial score (nSPS) is 22.1. The summed E-state index contributed by atoms with van der Waals surface area (Å²) in [6.45, 7) is 6.46. The van der Waals surface area contributed by atoms with E-state index in [9.17, 15) is 0 Å². The molecule has 2 atom stereocenters. The number of hydrogen-bond acceptors (Lipinski definition) is 3. The van der Waals surface area contributed by atoms with Crippen LogP contribution < -0.4 is 4.90 Å². The highest BCUT2D eigenvalue weighted by atomic mass is 35.5. The fraction of sp³-hybridized carbons (Fsp3) is 0.357. The van der Waals surface area contributed by atoms with Crippen molar-refractivity contribution < 1.29 is 0 Å². The molecule has 0 radical (unpaired) electrons. The van der Waals surface area contributed by atoms with Gasteiger partial charge in [0.2, 0.25) is 0 Å². The number of hydrogen-bond donors (Lipinski definition) is 0. The molecular weight excluding hydrogens is 485 g/mol. The Kier molecular flexibility index (Phi) is 7.67. The smallest absolute Gasteiger partial charge is 0.0654 e. The molecule has 0 N–H and O–H groups in total. The van der Waals surface area contributed by atoms with Crippen LogP contribution in [-0.4, -0.2) is 48.6 Å². The lowest BCUT2D eigenvalue weighted by Crippen LogP contribution is -2.53. The van der Waals surface area contributed by atoms with Gasteiger partial charge in [-0.15, -0.1) is 0 Å². The van der Waals surface area contributed by atoms with Crippen molar-refractivity contribution in [2.75, 3.05) is 37.6 Å². The lowest BCUT2D eigenvalue weighted by Gasteiger charge is -2.47. The van der Waals surface area contributed by atoms with Crippen LogP contribution >= 0.6 is 34.8 Å². The van der Waals surface area contributed by atoms with Crippen LogP contribution in [0.1, 0.15) is 30.0 Å². The molecule has 0 aliphatic carbocycles. The zero-order valence-corrected chi connectivity index (χ0v) is 21.5. The Labute approximate surface area is 217 Å². The Bertz CT molecular complexity index is 1080. The molecule has 2 fully saturated rings. The second kappa shape index (κ2) is 10.9. The van der Waals surface area contributed by atoms with Crippen LogP contribution in [0.15, 0.2) is 72.8 Å². The quantitative estimate of drug-likeness (QED) is 0.357. The average Bonchev–Trinajstić information content (AvgIpc) is 2.86. The summed E-state index contributed by atoms with van der Waals surface area (Å²) < 4.78 is 0. The molecule has 0 bridgehead atoms. The highest BCUT2D eigenvalue weighted by molar-refractivity contribution is 6.36. The highest BCUT2D eigenvalue weighted by Crippen LogP contribution is 2.40. The zero-order chi connectivity index (χ0) is 23.5. The molecule has 2 unspecified atom stereocenters. The van der Waals surface area contributed by atoms with Crippen LogP contribution in [0.4, 0.5) is 5.69 Å². The molecule has 6 heteroatoms. The molecule has 2 aliphatic rings. The van der Waals surface area contributed by atoms with E-state index >= 15 is 0 Å². The molecule has 178 valence electrons. The highest BCUT2D eigenvalue weighted by Gasteiger charge is 2.34. The number of benzene rings is 3. The van der Waals surface area contributed by atoms with Crippen LogP contribution in [0.3, 0.4) is 0 Å². The molecule has 2 aliphatic heterocycles. The van der Waals surface area contributed by atoms with Gasteiger partial charge in [-0.25, -0.2) is 0 Å². The van der Waals surface area contributed by atoms with Crippen molar-refractivity contribution in [3.63, 3.8) is 0 Å². The van der Waals surface area contributed by atoms with Gasteiger partial charge in [-0.1, -0.05) is 77.3 Å². The molecule has 2 saturated heterocycles. The van der Waals surface area contributed by atoms with E-state index in [-0.39, 0.29) is 6.04 Å². The summed E-state index contributed by atoms with van der Waals surface area (Å²) in [5.41, 5.74) is 3.73. The molecule has 3 nitrogen and oxygen atoms in total. The van der Waals surface area contributed by atoms with Crippen LogP contribution in [0, 0.1) is 0 Å². The lowest BCUT2D eigenvalue weighted by molar-refractivity contribution is 0.0749. The van der Waals surface area contributed by atoms with Gasteiger partial charge >= 0.3 is 0 Å². The predicted molar refractivity (Wildman–Crippen MR) is 144 cm³/mol. The standard InChI is InChI=1S/C28H30Cl3N3/c29-23-8-6-22(7-9-23)28-19-25(12-13-34(28)27-11-10-24(30)18-26(27)31)33-16-14-32(15-17-33)20-21-4-2-1-3-5-21/h1-11,18,25,28H,12-17,19-20H2. The van der Waals surface area contributed by atoms with Crippen molar-refractivity contribution in [3.05, 3.63) is 99.0 Å². The molecule has 2 heterocycles. The molecule has 34 heavy (non-hydrogen) atoms. The molecular formula is C28H30Cl3N3. The minimum atomic E-state index is 0.247. The van der Waals surface area contributed by atoms with Crippen molar-refractivity contribution in [3.8, 4) is 0 Å². The largest absolute Gasteiger partial charge is 0.363 e. The molecule has 0 spiro atoms. The number of halogens is 3. The van der Waals surface area contributed by atoms with E-state index in [2.05, 4.69) is 63.2 Å². The summed E-state index contributed by atoms with van der Waals surface area (Å²) in [4.78, 5) is 7.72. The van der Waals surface area contributed by atoms with E-state index < -0.39 is 0 Å². The second-order valence-corrected chi connectivity index (χ2v) is 10.6. The van der Waals surface area contributed by atoms with E-state index in [1.165, 1.54) is 11.1 Å². The maximum atomic E-state index is 6.65. The molecule has 5 rings (SSSR count). The van der Waals surface area contributed by atoms with Gasteiger partial charge in [-0.2, -0.15) is 0 Å². The van der Waals surface area contributed by atoms with Gasteiger partial charge in [-0.3, -0.25) is 9.80 Å². The van der Waals surface area contributed by atoms with Gasteiger partial charge < -0.3 is 4.90 Å². The Morgan fingerprint density at radius 1 is 0.735 bits per heavy atom. The fourth-order valence-corrected chi connectivity index (χ4v) is 6.05. The summed E-state index contributed by atoms with van der Waals surface area (Å²) >= 11 is 19.0.